The van der Waals surface area contributed by atoms with Gasteiger partial charge in [0.2, 0.25) is 0 Å². The standard InChI is InChI=1S/C11H8BrN3O3/c12-7-2-9(14-4-7)10(16)15-8-1-6(11(17)18)3-13-5-8/h1-5,14H,(H,15,16)(H,17,18). The van der Waals surface area contributed by atoms with E-state index in [0.717, 1.165) is 4.47 Å². The number of carboxylic acids is 1. The molecule has 0 aliphatic carbocycles. The number of hydrogen-bond donors (Lipinski definition) is 3. The lowest BCUT2D eigenvalue weighted by Gasteiger charge is -2.03. The molecule has 0 aliphatic heterocycles. The Morgan fingerprint density at radius 1 is 1.33 bits per heavy atom. The molecule has 18 heavy (non-hydrogen) atoms. The fraction of sp³-hybridized carbons (Fsp3) is 0. The van der Waals surface area contributed by atoms with Crippen molar-refractivity contribution in [1.29, 1.82) is 0 Å². The maximum absolute atomic E-state index is 11.8. The second-order valence-corrected chi connectivity index (χ2v) is 4.37. The summed E-state index contributed by atoms with van der Waals surface area (Å²) < 4.78 is 0.755. The first-order valence-corrected chi connectivity index (χ1v) is 5.69. The van der Waals surface area contributed by atoms with Gasteiger partial charge in [-0.3, -0.25) is 9.78 Å². The third-order valence-electron chi connectivity index (χ3n) is 2.14. The van der Waals surface area contributed by atoms with Gasteiger partial charge in [0.1, 0.15) is 5.69 Å². The lowest BCUT2D eigenvalue weighted by molar-refractivity contribution is 0.0696. The van der Waals surface area contributed by atoms with Crippen LogP contribution in [0.25, 0.3) is 0 Å². The lowest BCUT2D eigenvalue weighted by atomic mass is 10.2. The van der Waals surface area contributed by atoms with Crippen LogP contribution in [-0.4, -0.2) is 27.0 Å². The van der Waals surface area contributed by atoms with Gasteiger partial charge in [0, 0.05) is 16.9 Å². The average molecular weight is 310 g/mol. The predicted octanol–water partition coefficient (Wildman–Crippen LogP) is 2.12. The molecule has 7 heteroatoms. The molecule has 2 rings (SSSR count). The topological polar surface area (TPSA) is 95.1 Å². The molecule has 3 N–H and O–H groups in total. The van der Waals surface area contributed by atoms with Crippen molar-refractivity contribution in [2.75, 3.05) is 5.32 Å². The predicted molar refractivity (Wildman–Crippen MR) is 67.6 cm³/mol. The number of anilines is 1. The van der Waals surface area contributed by atoms with Crippen LogP contribution in [0.5, 0.6) is 0 Å². The fourth-order valence-electron chi connectivity index (χ4n) is 1.32. The van der Waals surface area contributed by atoms with Crippen molar-refractivity contribution >= 4 is 33.5 Å². The largest absolute Gasteiger partial charge is 0.478 e. The normalized spacial score (nSPS) is 10.1. The highest BCUT2D eigenvalue weighted by atomic mass is 79.9. The van der Waals surface area contributed by atoms with E-state index >= 15 is 0 Å². The number of carbonyl (C=O) groups excluding carboxylic acids is 1. The molecule has 2 aromatic rings. The highest BCUT2D eigenvalue weighted by Gasteiger charge is 2.10. The van der Waals surface area contributed by atoms with Crippen molar-refractivity contribution in [3.05, 3.63) is 46.5 Å². The van der Waals surface area contributed by atoms with Gasteiger partial charge in [-0.1, -0.05) is 0 Å². The number of hydrogen-bond acceptors (Lipinski definition) is 3. The SMILES string of the molecule is O=C(O)c1cncc(NC(=O)c2cc(Br)c[nH]2)c1. The Labute approximate surface area is 110 Å². The summed E-state index contributed by atoms with van der Waals surface area (Å²) in [6.45, 7) is 0. The Balaban J connectivity index is 2.16. The zero-order chi connectivity index (χ0) is 13.1. The van der Waals surface area contributed by atoms with Crippen molar-refractivity contribution in [2.24, 2.45) is 0 Å². The second kappa shape index (κ2) is 5.01. The monoisotopic (exact) mass is 309 g/mol. The molecule has 2 heterocycles. The van der Waals surface area contributed by atoms with Crippen LogP contribution in [0, 0.1) is 0 Å². The van der Waals surface area contributed by atoms with E-state index in [1.807, 2.05) is 0 Å². The van der Waals surface area contributed by atoms with Crippen LogP contribution >= 0.6 is 15.9 Å². The molecule has 0 spiro atoms. The molecule has 1 amide bonds. The van der Waals surface area contributed by atoms with Crippen molar-refractivity contribution in [1.82, 2.24) is 9.97 Å². The number of carboxylic acid groups (broad SMARTS) is 1. The van der Waals surface area contributed by atoms with Gasteiger partial charge < -0.3 is 15.4 Å². The van der Waals surface area contributed by atoms with Crippen molar-refractivity contribution in [3.8, 4) is 0 Å². The Morgan fingerprint density at radius 2 is 2.11 bits per heavy atom. The molecule has 92 valence electrons. The summed E-state index contributed by atoms with van der Waals surface area (Å²) in [5.41, 5.74) is 0.702. The van der Waals surface area contributed by atoms with E-state index in [9.17, 15) is 9.59 Å². The van der Waals surface area contributed by atoms with E-state index in [4.69, 9.17) is 5.11 Å². The first kappa shape index (κ1) is 12.3. The molecule has 0 unspecified atom stereocenters. The van der Waals surface area contributed by atoms with Crippen LogP contribution in [0.4, 0.5) is 5.69 Å². The molecule has 0 saturated heterocycles. The van der Waals surface area contributed by atoms with Gasteiger partial charge in [0.25, 0.3) is 5.91 Å². The summed E-state index contributed by atoms with van der Waals surface area (Å²) in [6.07, 6.45) is 4.21. The maximum Gasteiger partial charge on any atom is 0.337 e. The third-order valence-corrected chi connectivity index (χ3v) is 2.59. The number of nitrogens with one attached hydrogen (secondary N) is 2. The van der Waals surface area contributed by atoms with Gasteiger partial charge >= 0.3 is 5.97 Å². The summed E-state index contributed by atoms with van der Waals surface area (Å²) in [4.78, 5) is 29.0. The Morgan fingerprint density at radius 3 is 2.72 bits per heavy atom. The summed E-state index contributed by atoms with van der Waals surface area (Å²) in [6, 6.07) is 2.95. The summed E-state index contributed by atoms with van der Waals surface area (Å²) in [5.74, 6) is -1.47. The number of aromatic nitrogens is 2. The number of amides is 1. The zero-order valence-corrected chi connectivity index (χ0v) is 10.6. The fourth-order valence-corrected chi connectivity index (χ4v) is 1.67. The Hall–Kier alpha value is -2.15. The quantitative estimate of drug-likeness (QED) is 0.809. The van der Waals surface area contributed by atoms with Gasteiger partial charge in [-0.2, -0.15) is 0 Å². The minimum absolute atomic E-state index is 0.0143. The average Bonchev–Trinajstić information content (AvgIpc) is 2.76. The number of halogens is 1. The van der Waals surface area contributed by atoms with Crippen LogP contribution < -0.4 is 5.32 Å². The molecule has 0 saturated carbocycles. The van der Waals surface area contributed by atoms with Gasteiger partial charge in [0.15, 0.2) is 0 Å². The maximum atomic E-state index is 11.8. The third kappa shape index (κ3) is 2.75. The Kier molecular flexibility index (Phi) is 3.42. The number of aromatic carboxylic acids is 1. The number of rotatable bonds is 3. The van der Waals surface area contributed by atoms with Gasteiger partial charge in [0.05, 0.1) is 17.4 Å². The number of carbonyl (C=O) groups is 2. The van der Waals surface area contributed by atoms with Crippen molar-refractivity contribution < 1.29 is 14.7 Å². The Bertz CT molecular complexity index is 609. The molecular weight excluding hydrogens is 302 g/mol. The van der Waals surface area contributed by atoms with Crippen LogP contribution in [0.1, 0.15) is 20.8 Å². The molecule has 0 fully saturated rings. The van der Waals surface area contributed by atoms with E-state index in [-0.39, 0.29) is 11.5 Å². The van der Waals surface area contributed by atoms with E-state index in [1.54, 1.807) is 12.3 Å². The van der Waals surface area contributed by atoms with Gasteiger partial charge in [-0.15, -0.1) is 0 Å². The van der Waals surface area contributed by atoms with Crippen LogP contribution in [0.15, 0.2) is 35.2 Å². The summed E-state index contributed by atoms with van der Waals surface area (Å²) in [5, 5.41) is 11.3. The molecular formula is C11H8BrN3O3. The number of pyridine rings is 1. The van der Waals surface area contributed by atoms with Gasteiger partial charge in [-0.25, -0.2) is 4.79 Å². The van der Waals surface area contributed by atoms with E-state index in [1.165, 1.54) is 18.5 Å². The van der Waals surface area contributed by atoms with E-state index < -0.39 is 5.97 Å². The first-order chi connectivity index (χ1) is 8.56. The van der Waals surface area contributed by atoms with Crippen LogP contribution in [-0.2, 0) is 0 Å². The minimum atomic E-state index is -1.10. The molecule has 0 aliphatic rings. The molecule has 0 aromatic carbocycles. The molecule has 0 bridgehead atoms. The summed E-state index contributed by atoms with van der Waals surface area (Å²) in [7, 11) is 0. The summed E-state index contributed by atoms with van der Waals surface area (Å²) >= 11 is 3.22. The molecule has 0 atom stereocenters. The van der Waals surface area contributed by atoms with E-state index in [2.05, 4.69) is 31.2 Å². The first-order valence-electron chi connectivity index (χ1n) is 4.90. The second-order valence-electron chi connectivity index (χ2n) is 3.45. The smallest absolute Gasteiger partial charge is 0.337 e. The molecule has 0 radical (unpaired) electrons. The van der Waals surface area contributed by atoms with Gasteiger partial charge in [-0.05, 0) is 28.1 Å². The number of nitrogens with zero attached hydrogens (tertiary/aromatic N) is 1. The molecule has 2 aromatic heterocycles. The number of aromatic amines is 1. The molecule has 6 nitrogen and oxygen atoms in total. The van der Waals surface area contributed by atoms with Crippen LogP contribution in [0.2, 0.25) is 0 Å². The van der Waals surface area contributed by atoms with Crippen molar-refractivity contribution in [3.63, 3.8) is 0 Å². The zero-order valence-electron chi connectivity index (χ0n) is 8.98. The minimum Gasteiger partial charge on any atom is -0.478 e. The number of H-pyrrole nitrogens is 1. The lowest BCUT2D eigenvalue weighted by Crippen LogP contribution is -2.13. The highest BCUT2D eigenvalue weighted by molar-refractivity contribution is 9.10. The highest BCUT2D eigenvalue weighted by Crippen LogP contribution is 2.13. The van der Waals surface area contributed by atoms with E-state index in [0.29, 0.717) is 11.4 Å². The van der Waals surface area contributed by atoms with Crippen LogP contribution in [0.3, 0.4) is 0 Å². The van der Waals surface area contributed by atoms with Crippen molar-refractivity contribution in [2.45, 2.75) is 0 Å².